The van der Waals surface area contributed by atoms with Gasteiger partial charge in [0.05, 0.1) is 0 Å². The van der Waals surface area contributed by atoms with Crippen LogP contribution in [0.15, 0.2) is 18.2 Å². The van der Waals surface area contributed by atoms with E-state index in [4.69, 9.17) is 20.4 Å². The highest BCUT2D eigenvalue weighted by atomic mass is 16.6. The largest absolute Gasteiger partial charge is 0.707 e. The van der Waals surface area contributed by atoms with E-state index in [1.54, 1.807) is 18.2 Å². The molecule has 0 atom stereocenters. The van der Waals surface area contributed by atoms with Gasteiger partial charge in [-0.2, -0.15) is 0 Å². The highest BCUT2D eigenvalue weighted by Crippen LogP contribution is 2.24. The third-order valence-corrected chi connectivity index (χ3v) is 1.76. The third-order valence-electron chi connectivity index (χ3n) is 1.76. The Morgan fingerprint density at radius 3 is 2.69 bits per heavy atom. The maximum atomic E-state index is 8.61. The number of hydrogen-bond donors (Lipinski definition) is 3. The molecule has 0 spiro atoms. The van der Waals surface area contributed by atoms with Gasteiger partial charge in [0.15, 0.2) is 0 Å². The van der Waals surface area contributed by atoms with Crippen LogP contribution in [0.5, 0.6) is 5.75 Å². The van der Waals surface area contributed by atoms with Gasteiger partial charge in [-0.25, -0.2) is 0 Å². The molecule has 13 heavy (non-hydrogen) atoms. The molecular formula is C8H12BNO3. The summed E-state index contributed by atoms with van der Waals surface area (Å²) in [6, 6.07) is 5.09. The molecule has 0 aliphatic carbocycles. The van der Waals surface area contributed by atoms with Crippen LogP contribution < -0.4 is 10.4 Å². The highest BCUT2D eigenvalue weighted by Gasteiger charge is 2.14. The van der Waals surface area contributed by atoms with E-state index in [0.29, 0.717) is 17.9 Å². The number of rotatable bonds is 3. The van der Waals surface area contributed by atoms with Gasteiger partial charge in [-0.1, -0.05) is 13.0 Å². The van der Waals surface area contributed by atoms with E-state index >= 15 is 0 Å². The lowest BCUT2D eigenvalue weighted by Gasteiger charge is -2.11. The van der Waals surface area contributed by atoms with E-state index in [1.807, 2.05) is 6.92 Å². The molecule has 1 rings (SSSR count). The molecule has 0 radical (unpaired) electrons. The normalized spacial score (nSPS) is 9.77. The summed E-state index contributed by atoms with van der Waals surface area (Å²) in [6.07, 6.45) is 0.689. The minimum atomic E-state index is -1.80. The minimum absolute atomic E-state index is 0.414. The number of nitrogens with two attached hydrogens (primary N) is 1. The average molecular weight is 181 g/mol. The van der Waals surface area contributed by atoms with Crippen LogP contribution in [-0.2, 0) is 6.42 Å². The molecule has 4 N–H and O–H groups in total. The van der Waals surface area contributed by atoms with Crippen molar-refractivity contribution in [2.75, 3.05) is 5.73 Å². The van der Waals surface area contributed by atoms with Gasteiger partial charge in [-0.3, -0.25) is 0 Å². The van der Waals surface area contributed by atoms with Crippen molar-refractivity contribution in [2.45, 2.75) is 13.3 Å². The fourth-order valence-corrected chi connectivity index (χ4v) is 1.18. The molecule has 4 nitrogen and oxygen atoms in total. The molecule has 0 amide bonds. The lowest BCUT2D eigenvalue weighted by atomic mass is 10.1. The zero-order chi connectivity index (χ0) is 9.84. The van der Waals surface area contributed by atoms with Crippen molar-refractivity contribution in [3.8, 4) is 5.75 Å². The first-order valence-electron chi connectivity index (χ1n) is 4.05. The van der Waals surface area contributed by atoms with Crippen molar-refractivity contribution >= 4 is 13.0 Å². The Labute approximate surface area is 77.1 Å². The maximum Gasteiger partial charge on any atom is 0.707 e. The Balaban J connectivity index is 2.98. The SMILES string of the molecule is CCc1c(N)cccc1OB(O)O. The molecule has 1 aromatic rings. The minimum Gasteiger partial charge on any atom is -0.512 e. The smallest absolute Gasteiger partial charge is 0.512 e. The van der Waals surface area contributed by atoms with E-state index in [0.717, 1.165) is 5.56 Å². The van der Waals surface area contributed by atoms with Gasteiger partial charge in [0, 0.05) is 11.3 Å². The summed E-state index contributed by atoms with van der Waals surface area (Å²) in [5, 5.41) is 17.2. The van der Waals surface area contributed by atoms with Gasteiger partial charge >= 0.3 is 7.32 Å². The Morgan fingerprint density at radius 1 is 1.46 bits per heavy atom. The van der Waals surface area contributed by atoms with Gasteiger partial charge < -0.3 is 20.4 Å². The summed E-state index contributed by atoms with van der Waals surface area (Å²) in [4.78, 5) is 0. The van der Waals surface area contributed by atoms with Gasteiger partial charge in [0.1, 0.15) is 5.75 Å². The molecule has 0 fully saturated rings. The van der Waals surface area contributed by atoms with Crippen LogP contribution in [0.1, 0.15) is 12.5 Å². The fourth-order valence-electron chi connectivity index (χ4n) is 1.18. The average Bonchev–Trinajstić information content (AvgIpc) is 2.03. The first kappa shape index (κ1) is 9.89. The van der Waals surface area contributed by atoms with Gasteiger partial charge in [-0.05, 0) is 18.6 Å². The van der Waals surface area contributed by atoms with E-state index in [9.17, 15) is 0 Å². The second kappa shape index (κ2) is 4.16. The lowest BCUT2D eigenvalue weighted by Crippen LogP contribution is -2.21. The molecular weight excluding hydrogens is 169 g/mol. The van der Waals surface area contributed by atoms with Crippen LogP contribution in [0.4, 0.5) is 5.69 Å². The standard InChI is InChI=1S/C8H12BNO3/c1-2-6-7(10)4-3-5-8(6)13-9(11)12/h3-5,11-12H,2,10H2,1H3. The summed E-state index contributed by atoms with van der Waals surface area (Å²) in [6.45, 7) is 1.92. The molecule has 5 heteroatoms. The molecule has 0 aromatic heterocycles. The Bertz CT molecular complexity index is 291. The molecule has 1 aromatic carbocycles. The maximum absolute atomic E-state index is 8.61. The Kier molecular flexibility index (Phi) is 3.16. The van der Waals surface area contributed by atoms with Crippen molar-refractivity contribution < 1.29 is 14.7 Å². The second-order valence-corrected chi connectivity index (χ2v) is 2.62. The number of hydrogen-bond acceptors (Lipinski definition) is 4. The molecule has 0 aliphatic heterocycles. The topological polar surface area (TPSA) is 75.7 Å². The lowest BCUT2D eigenvalue weighted by molar-refractivity contribution is 0.287. The Morgan fingerprint density at radius 2 is 2.15 bits per heavy atom. The van der Waals surface area contributed by atoms with Crippen LogP contribution in [0.2, 0.25) is 0 Å². The highest BCUT2D eigenvalue weighted by molar-refractivity contribution is 6.33. The van der Waals surface area contributed by atoms with Crippen molar-refractivity contribution in [1.29, 1.82) is 0 Å². The summed E-state index contributed by atoms with van der Waals surface area (Å²) >= 11 is 0. The van der Waals surface area contributed by atoms with Gasteiger partial charge in [0.2, 0.25) is 0 Å². The third kappa shape index (κ3) is 2.37. The second-order valence-electron chi connectivity index (χ2n) is 2.62. The van der Waals surface area contributed by atoms with Crippen LogP contribution in [0, 0.1) is 0 Å². The van der Waals surface area contributed by atoms with Crippen molar-refractivity contribution in [3.05, 3.63) is 23.8 Å². The summed E-state index contributed by atoms with van der Waals surface area (Å²) in [5.41, 5.74) is 7.05. The van der Waals surface area contributed by atoms with Crippen molar-refractivity contribution in [1.82, 2.24) is 0 Å². The van der Waals surface area contributed by atoms with Crippen LogP contribution in [0.25, 0.3) is 0 Å². The molecule has 0 saturated heterocycles. The molecule has 70 valence electrons. The summed E-state index contributed by atoms with van der Waals surface area (Å²) in [5.74, 6) is 0.414. The van der Waals surface area contributed by atoms with Crippen LogP contribution in [0.3, 0.4) is 0 Å². The summed E-state index contributed by atoms with van der Waals surface area (Å²) in [7, 11) is -1.80. The van der Waals surface area contributed by atoms with Gasteiger partial charge in [-0.15, -0.1) is 0 Å². The van der Waals surface area contributed by atoms with E-state index in [1.165, 1.54) is 0 Å². The van der Waals surface area contributed by atoms with Gasteiger partial charge in [0.25, 0.3) is 0 Å². The monoisotopic (exact) mass is 181 g/mol. The molecule has 0 bridgehead atoms. The Hall–Kier alpha value is -1.20. The zero-order valence-electron chi connectivity index (χ0n) is 7.40. The first-order valence-corrected chi connectivity index (χ1v) is 4.05. The fraction of sp³-hybridized carbons (Fsp3) is 0.250. The van der Waals surface area contributed by atoms with Crippen molar-refractivity contribution in [2.24, 2.45) is 0 Å². The first-order chi connectivity index (χ1) is 6.15. The number of benzene rings is 1. The van der Waals surface area contributed by atoms with E-state index in [2.05, 4.69) is 0 Å². The van der Waals surface area contributed by atoms with Crippen molar-refractivity contribution in [3.63, 3.8) is 0 Å². The molecule has 0 saturated carbocycles. The molecule has 0 unspecified atom stereocenters. The molecule has 0 heterocycles. The number of nitrogen functional groups attached to an aromatic ring is 1. The molecule has 0 aliphatic rings. The van der Waals surface area contributed by atoms with Crippen LogP contribution >= 0.6 is 0 Å². The number of anilines is 1. The van der Waals surface area contributed by atoms with E-state index in [-0.39, 0.29) is 0 Å². The zero-order valence-corrected chi connectivity index (χ0v) is 7.40. The van der Waals surface area contributed by atoms with Crippen LogP contribution in [-0.4, -0.2) is 17.4 Å². The quantitative estimate of drug-likeness (QED) is 0.459. The predicted octanol–water partition coefficient (Wildman–Crippen LogP) is 0.179. The summed E-state index contributed by atoms with van der Waals surface area (Å²) < 4.78 is 4.75. The predicted molar refractivity (Wildman–Crippen MR) is 51.1 cm³/mol. The van der Waals surface area contributed by atoms with E-state index < -0.39 is 7.32 Å².